The minimum atomic E-state index is 0.576. The van der Waals surface area contributed by atoms with Crippen molar-refractivity contribution in [3.05, 3.63) is 74.0 Å². The number of thiazole rings is 1. The summed E-state index contributed by atoms with van der Waals surface area (Å²) in [6.45, 7) is 4.30. The van der Waals surface area contributed by atoms with Gasteiger partial charge in [-0.3, -0.25) is 4.99 Å². The highest BCUT2D eigenvalue weighted by molar-refractivity contribution is 9.10. The molecule has 0 aliphatic rings. The van der Waals surface area contributed by atoms with E-state index in [0.29, 0.717) is 6.54 Å². The summed E-state index contributed by atoms with van der Waals surface area (Å²) in [5, 5.41) is 8.76. The fourth-order valence-electron chi connectivity index (χ4n) is 1.99. The second kappa shape index (κ2) is 7.68. The molecule has 3 nitrogen and oxygen atoms in total. The van der Waals surface area contributed by atoms with Gasteiger partial charge in [0.05, 0.1) is 18.5 Å². The lowest BCUT2D eigenvalue weighted by Gasteiger charge is -2.03. The number of nitrogens with zero attached hydrogens (tertiary/aromatic N) is 3. The Bertz CT molecular complexity index is 889. The number of hydrogen-bond acceptors (Lipinski definition) is 4. The number of aromatic nitrogens is 1. The van der Waals surface area contributed by atoms with Gasteiger partial charge in [-0.25, -0.2) is 4.68 Å². The minimum Gasteiger partial charge on any atom is -0.253 e. The lowest BCUT2D eigenvalue weighted by molar-refractivity contribution is 0.840. The fraction of sp³-hybridized carbons (Fsp3) is 0.0588. The molecule has 3 rings (SSSR count). The molecule has 1 aromatic carbocycles. The molecule has 0 N–H and O–H groups in total. The minimum absolute atomic E-state index is 0.576. The third-order valence-electron chi connectivity index (χ3n) is 3.01. The number of benzene rings is 1. The zero-order chi connectivity index (χ0) is 16.1. The number of thiophene rings is 1. The quantitative estimate of drug-likeness (QED) is 0.423. The molecule has 6 heteroatoms. The monoisotopic (exact) mass is 403 g/mol. The summed E-state index contributed by atoms with van der Waals surface area (Å²) < 4.78 is 2.93. The second-order valence-corrected chi connectivity index (χ2v) is 7.35. The van der Waals surface area contributed by atoms with E-state index < -0.39 is 0 Å². The molecule has 2 aromatic heterocycles. The Labute approximate surface area is 151 Å². The summed E-state index contributed by atoms with van der Waals surface area (Å²) in [6, 6.07) is 12.2. The third-order valence-corrected chi connectivity index (χ3v) is 5.16. The SMILES string of the molecule is C=CCN=c1scc(-c2cccc(Br)c2)n1/N=C/c1cccs1. The highest BCUT2D eigenvalue weighted by Gasteiger charge is 2.07. The smallest absolute Gasteiger partial charge is 0.206 e. The van der Waals surface area contributed by atoms with Crippen molar-refractivity contribution >= 4 is 44.8 Å². The Morgan fingerprint density at radius 1 is 1.22 bits per heavy atom. The number of rotatable bonds is 5. The standard InChI is InChI=1S/C17H14BrN3S2/c1-2-8-19-17-21(20-11-15-7-4-9-22-15)16(12-23-17)13-5-3-6-14(18)10-13/h2-7,9-12H,1,8H2/b19-17?,20-11+. The zero-order valence-corrected chi connectivity index (χ0v) is 15.4. The van der Waals surface area contributed by atoms with Crippen LogP contribution >= 0.6 is 38.6 Å². The maximum absolute atomic E-state index is 4.64. The van der Waals surface area contributed by atoms with E-state index in [1.165, 1.54) is 0 Å². The molecule has 23 heavy (non-hydrogen) atoms. The van der Waals surface area contributed by atoms with Crippen molar-refractivity contribution in [2.24, 2.45) is 10.1 Å². The van der Waals surface area contributed by atoms with E-state index >= 15 is 0 Å². The van der Waals surface area contributed by atoms with Crippen LogP contribution < -0.4 is 4.80 Å². The van der Waals surface area contributed by atoms with Crippen LogP contribution in [0.3, 0.4) is 0 Å². The van der Waals surface area contributed by atoms with Crippen molar-refractivity contribution in [1.82, 2.24) is 4.68 Å². The average molecular weight is 404 g/mol. The molecule has 0 aliphatic carbocycles. The first-order valence-electron chi connectivity index (χ1n) is 6.93. The largest absolute Gasteiger partial charge is 0.253 e. The van der Waals surface area contributed by atoms with Gasteiger partial charge in [0.15, 0.2) is 0 Å². The molecule has 0 bridgehead atoms. The topological polar surface area (TPSA) is 29.6 Å². The summed E-state index contributed by atoms with van der Waals surface area (Å²) in [4.78, 5) is 6.50. The summed E-state index contributed by atoms with van der Waals surface area (Å²) in [6.07, 6.45) is 3.65. The van der Waals surface area contributed by atoms with Gasteiger partial charge in [0, 0.05) is 20.3 Å². The second-order valence-electron chi connectivity index (χ2n) is 4.62. The molecule has 0 unspecified atom stereocenters. The summed E-state index contributed by atoms with van der Waals surface area (Å²) in [7, 11) is 0. The van der Waals surface area contributed by atoms with Gasteiger partial charge in [0.2, 0.25) is 4.80 Å². The van der Waals surface area contributed by atoms with Crippen LogP contribution in [0.2, 0.25) is 0 Å². The van der Waals surface area contributed by atoms with E-state index in [4.69, 9.17) is 0 Å². The van der Waals surface area contributed by atoms with Crippen LogP contribution in [0, 0.1) is 0 Å². The number of halogens is 1. The van der Waals surface area contributed by atoms with Crippen molar-refractivity contribution in [1.29, 1.82) is 0 Å². The molecule has 0 atom stereocenters. The van der Waals surface area contributed by atoms with Gasteiger partial charge in [0.25, 0.3) is 0 Å². The van der Waals surface area contributed by atoms with Crippen LogP contribution in [0.25, 0.3) is 11.3 Å². The van der Waals surface area contributed by atoms with Crippen molar-refractivity contribution in [2.75, 3.05) is 6.54 Å². The van der Waals surface area contributed by atoms with Gasteiger partial charge >= 0.3 is 0 Å². The highest BCUT2D eigenvalue weighted by atomic mass is 79.9. The number of hydrogen-bond donors (Lipinski definition) is 0. The maximum atomic E-state index is 4.64. The molecular weight excluding hydrogens is 390 g/mol. The molecule has 2 heterocycles. The molecule has 0 radical (unpaired) electrons. The lowest BCUT2D eigenvalue weighted by Crippen LogP contribution is -2.12. The lowest BCUT2D eigenvalue weighted by atomic mass is 10.2. The highest BCUT2D eigenvalue weighted by Crippen LogP contribution is 2.23. The maximum Gasteiger partial charge on any atom is 0.206 e. The van der Waals surface area contributed by atoms with Crippen LogP contribution in [-0.2, 0) is 0 Å². The van der Waals surface area contributed by atoms with E-state index in [2.05, 4.69) is 50.1 Å². The molecule has 0 spiro atoms. The molecule has 0 aliphatic heterocycles. The molecule has 0 amide bonds. The van der Waals surface area contributed by atoms with E-state index in [9.17, 15) is 0 Å². The Morgan fingerprint density at radius 3 is 2.87 bits per heavy atom. The Balaban J connectivity index is 2.09. The first-order valence-corrected chi connectivity index (χ1v) is 9.49. The Morgan fingerprint density at radius 2 is 2.13 bits per heavy atom. The Hall–Kier alpha value is -1.76. The normalized spacial score (nSPS) is 12.1. The summed E-state index contributed by atoms with van der Waals surface area (Å²) >= 11 is 6.76. The van der Waals surface area contributed by atoms with Crippen molar-refractivity contribution < 1.29 is 0 Å². The van der Waals surface area contributed by atoms with E-state index in [0.717, 1.165) is 25.4 Å². The third kappa shape index (κ3) is 3.96. The van der Waals surface area contributed by atoms with Crippen LogP contribution in [0.4, 0.5) is 0 Å². The van der Waals surface area contributed by atoms with Gasteiger partial charge in [-0.1, -0.05) is 40.2 Å². The van der Waals surface area contributed by atoms with E-state index in [1.807, 2.05) is 40.5 Å². The molecule has 116 valence electrons. The van der Waals surface area contributed by atoms with Crippen molar-refractivity contribution in [3.63, 3.8) is 0 Å². The van der Waals surface area contributed by atoms with Crippen LogP contribution in [0.15, 0.2) is 74.4 Å². The molecule has 3 aromatic rings. The first-order chi connectivity index (χ1) is 11.3. The van der Waals surface area contributed by atoms with E-state index in [-0.39, 0.29) is 0 Å². The van der Waals surface area contributed by atoms with E-state index in [1.54, 1.807) is 28.7 Å². The molecule has 0 fully saturated rings. The average Bonchev–Trinajstić information content (AvgIpc) is 3.20. The molecule has 0 saturated carbocycles. The van der Waals surface area contributed by atoms with Gasteiger partial charge < -0.3 is 0 Å². The van der Waals surface area contributed by atoms with Crippen LogP contribution in [0.1, 0.15) is 4.88 Å². The summed E-state index contributed by atoms with van der Waals surface area (Å²) in [5.74, 6) is 0. The predicted octanol–water partition coefficient (Wildman–Crippen LogP) is 5.01. The fourth-order valence-corrected chi connectivity index (χ4v) is 3.81. The van der Waals surface area contributed by atoms with Gasteiger partial charge in [-0.15, -0.1) is 29.3 Å². The Kier molecular flexibility index (Phi) is 5.38. The van der Waals surface area contributed by atoms with Crippen molar-refractivity contribution in [2.45, 2.75) is 0 Å². The van der Waals surface area contributed by atoms with Gasteiger partial charge in [0.1, 0.15) is 0 Å². The summed E-state index contributed by atoms with van der Waals surface area (Å²) in [5.41, 5.74) is 2.12. The van der Waals surface area contributed by atoms with Crippen LogP contribution in [-0.4, -0.2) is 17.4 Å². The van der Waals surface area contributed by atoms with Gasteiger partial charge in [-0.05, 0) is 23.6 Å². The predicted molar refractivity (Wildman–Crippen MR) is 103 cm³/mol. The van der Waals surface area contributed by atoms with Crippen LogP contribution in [0.5, 0.6) is 0 Å². The molecular formula is C17H14BrN3S2. The van der Waals surface area contributed by atoms with Gasteiger partial charge in [-0.2, -0.15) is 5.10 Å². The zero-order valence-electron chi connectivity index (χ0n) is 12.2. The van der Waals surface area contributed by atoms with Crippen molar-refractivity contribution in [3.8, 4) is 11.3 Å². The molecule has 0 saturated heterocycles. The first kappa shape index (κ1) is 16.1.